The largest absolute Gasteiger partial charge is 0.361 e. The zero-order valence-corrected chi connectivity index (χ0v) is 10.4. The van der Waals surface area contributed by atoms with Gasteiger partial charge >= 0.3 is 0 Å². The van der Waals surface area contributed by atoms with E-state index in [4.69, 9.17) is 0 Å². The summed E-state index contributed by atoms with van der Waals surface area (Å²) in [6.07, 6.45) is 2.04. The molecule has 0 spiro atoms. The van der Waals surface area contributed by atoms with E-state index in [2.05, 4.69) is 26.2 Å². The van der Waals surface area contributed by atoms with Gasteiger partial charge in [-0.2, -0.15) is 0 Å². The third kappa shape index (κ3) is 1.67. The molecule has 2 N–H and O–H groups in total. The number of aromatic nitrogens is 1. The lowest BCUT2D eigenvalue weighted by Gasteiger charge is -2.03. The third-order valence-electron chi connectivity index (χ3n) is 3.02. The Bertz CT molecular complexity index is 632. The van der Waals surface area contributed by atoms with Crippen molar-refractivity contribution >= 4 is 38.6 Å². The van der Waals surface area contributed by atoms with Gasteiger partial charge in [0.15, 0.2) is 0 Å². The van der Waals surface area contributed by atoms with E-state index in [1.807, 2.05) is 18.2 Å². The number of hydrogen-bond donors (Lipinski definition) is 2. The Morgan fingerprint density at radius 2 is 2.12 bits per heavy atom. The van der Waals surface area contributed by atoms with Gasteiger partial charge in [0.25, 0.3) is 0 Å². The van der Waals surface area contributed by atoms with Gasteiger partial charge in [-0.3, -0.25) is 14.9 Å². The molecule has 0 bridgehead atoms. The van der Waals surface area contributed by atoms with E-state index < -0.39 is 0 Å². The lowest BCUT2D eigenvalue weighted by Crippen LogP contribution is -2.21. The van der Waals surface area contributed by atoms with Crippen LogP contribution in [0.15, 0.2) is 28.9 Å². The van der Waals surface area contributed by atoms with Gasteiger partial charge in [-0.25, -0.2) is 0 Å². The van der Waals surface area contributed by atoms with Crippen LogP contribution in [0.5, 0.6) is 0 Å². The number of hydrogen-bond acceptors (Lipinski definition) is 2. The van der Waals surface area contributed by atoms with Gasteiger partial charge in [0, 0.05) is 28.0 Å². The topological polar surface area (TPSA) is 62.0 Å². The molecule has 0 saturated carbocycles. The van der Waals surface area contributed by atoms with E-state index in [-0.39, 0.29) is 24.2 Å². The van der Waals surface area contributed by atoms with Crippen molar-refractivity contribution in [2.75, 3.05) is 0 Å². The maximum Gasteiger partial charge on any atom is 0.234 e. The fraction of sp³-hybridized carbons (Fsp3) is 0.167. The van der Waals surface area contributed by atoms with Crippen LogP contribution in [0.3, 0.4) is 0 Å². The van der Waals surface area contributed by atoms with Crippen molar-refractivity contribution in [1.82, 2.24) is 10.3 Å². The number of H-pyrrole nitrogens is 1. The Kier molecular flexibility index (Phi) is 2.29. The van der Waals surface area contributed by atoms with Gasteiger partial charge in [-0.15, -0.1) is 0 Å². The summed E-state index contributed by atoms with van der Waals surface area (Å²) >= 11 is 3.39. The molecule has 1 aromatic carbocycles. The minimum atomic E-state index is -0.363. The van der Waals surface area contributed by atoms with Crippen molar-refractivity contribution in [2.45, 2.75) is 12.3 Å². The van der Waals surface area contributed by atoms with Crippen LogP contribution in [0.25, 0.3) is 10.9 Å². The van der Waals surface area contributed by atoms with Gasteiger partial charge in [0.05, 0.1) is 5.92 Å². The van der Waals surface area contributed by atoms with Gasteiger partial charge in [-0.1, -0.05) is 22.0 Å². The first-order valence-electron chi connectivity index (χ1n) is 5.25. The first kappa shape index (κ1) is 10.5. The van der Waals surface area contributed by atoms with Gasteiger partial charge in [0.2, 0.25) is 11.8 Å². The second-order valence-electron chi connectivity index (χ2n) is 4.10. The predicted octanol–water partition coefficient (Wildman–Crippen LogP) is 2.06. The molecule has 0 aliphatic carbocycles. The van der Waals surface area contributed by atoms with Crippen LogP contribution in [-0.4, -0.2) is 16.8 Å². The molecule has 1 fully saturated rings. The SMILES string of the molecule is O=C1C[C@@H](c2c[nH]c3cc(Br)ccc23)C(=O)N1. The third-order valence-corrected chi connectivity index (χ3v) is 3.51. The monoisotopic (exact) mass is 292 g/mol. The van der Waals surface area contributed by atoms with Crippen LogP contribution in [0, 0.1) is 0 Å². The Morgan fingerprint density at radius 1 is 1.29 bits per heavy atom. The van der Waals surface area contributed by atoms with Crippen LogP contribution in [0.2, 0.25) is 0 Å². The first-order valence-corrected chi connectivity index (χ1v) is 6.04. The number of rotatable bonds is 1. The number of amides is 2. The van der Waals surface area contributed by atoms with E-state index in [1.54, 1.807) is 6.20 Å². The summed E-state index contributed by atoms with van der Waals surface area (Å²) in [5.41, 5.74) is 1.84. The van der Waals surface area contributed by atoms with Crippen LogP contribution < -0.4 is 5.32 Å². The number of imide groups is 1. The average Bonchev–Trinajstić information content (AvgIpc) is 2.81. The summed E-state index contributed by atoms with van der Waals surface area (Å²) in [6.45, 7) is 0. The molecule has 2 heterocycles. The van der Waals surface area contributed by atoms with Crippen molar-refractivity contribution in [1.29, 1.82) is 0 Å². The number of halogens is 1. The lowest BCUT2D eigenvalue weighted by molar-refractivity contribution is -0.125. The highest BCUT2D eigenvalue weighted by atomic mass is 79.9. The average molecular weight is 293 g/mol. The minimum Gasteiger partial charge on any atom is -0.361 e. The standard InChI is InChI=1S/C12H9BrN2O2/c13-6-1-2-7-9(5-14-10(7)3-6)8-4-11(16)15-12(8)17/h1-3,5,8,14H,4H2,(H,15,16,17)/t8-/m0/s1. The van der Waals surface area contributed by atoms with Gasteiger partial charge in [0.1, 0.15) is 0 Å². The van der Waals surface area contributed by atoms with Crippen molar-refractivity contribution in [2.24, 2.45) is 0 Å². The normalized spacial score (nSPS) is 19.9. The number of fused-ring (bicyclic) bond motifs is 1. The van der Waals surface area contributed by atoms with Crippen molar-refractivity contribution in [3.63, 3.8) is 0 Å². The number of carbonyl (C=O) groups is 2. The van der Waals surface area contributed by atoms with Crippen LogP contribution in [0.4, 0.5) is 0 Å². The number of aromatic amines is 1. The van der Waals surface area contributed by atoms with E-state index in [0.29, 0.717) is 0 Å². The molecule has 1 saturated heterocycles. The van der Waals surface area contributed by atoms with Crippen LogP contribution >= 0.6 is 15.9 Å². The number of carbonyl (C=O) groups excluding carboxylic acids is 2. The Morgan fingerprint density at radius 3 is 2.82 bits per heavy atom. The molecule has 2 aromatic rings. The summed E-state index contributed by atoms with van der Waals surface area (Å²) in [5.74, 6) is -0.775. The highest BCUT2D eigenvalue weighted by molar-refractivity contribution is 9.10. The summed E-state index contributed by atoms with van der Waals surface area (Å²) in [4.78, 5) is 26.0. The number of benzene rings is 1. The minimum absolute atomic E-state index is 0.202. The Labute approximate surface area is 106 Å². The predicted molar refractivity (Wildman–Crippen MR) is 66.5 cm³/mol. The molecule has 0 unspecified atom stereocenters. The number of nitrogens with one attached hydrogen (secondary N) is 2. The second-order valence-corrected chi connectivity index (χ2v) is 5.02. The van der Waals surface area contributed by atoms with Crippen molar-refractivity contribution < 1.29 is 9.59 Å². The molecule has 2 amide bonds. The molecule has 1 atom stereocenters. The highest BCUT2D eigenvalue weighted by Crippen LogP contribution is 2.31. The molecule has 17 heavy (non-hydrogen) atoms. The summed E-state index contributed by atoms with van der Waals surface area (Å²) in [6, 6.07) is 5.82. The maximum absolute atomic E-state index is 11.6. The zero-order valence-electron chi connectivity index (χ0n) is 8.79. The fourth-order valence-corrected chi connectivity index (χ4v) is 2.58. The first-order chi connectivity index (χ1) is 8.15. The van der Waals surface area contributed by atoms with Crippen molar-refractivity contribution in [3.05, 3.63) is 34.4 Å². The molecule has 86 valence electrons. The molecule has 3 rings (SSSR count). The zero-order chi connectivity index (χ0) is 12.0. The van der Waals surface area contributed by atoms with Crippen LogP contribution in [0.1, 0.15) is 17.9 Å². The summed E-state index contributed by atoms with van der Waals surface area (Å²) in [7, 11) is 0. The summed E-state index contributed by atoms with van der Waals surface area (Å²) < 4.78 is 0.977. The van der Waals surface area contributed by atoms with Crippen LogP contribution in [-0.2, 0) is 9.59 Å². The Balaban J connectivity index is 2.12. The van der Waals surface area contributed by atoms with E-state index >= 15 is 0 Å². The molecule has 1 aliphatic rings. The van der Waals surface area contributed by atoms with E-state index in [1.165, 1.54) is 0 Å². The fourth-order valence-electron chi connectivity index (χ4n) is 2.21. The van der Waals surface area contributed by atoms with Gasteiger partial charge in [-0.05, 0) is 17.7 Å². The lowest BCUT2D eigenvalue weighted by atomic mass is 9.97. The Hall–Kier alpha value is -1.62. The molecule has 1 aromatic heterocycles. The molecule has 1 aliphatic heterocycles. The maximum atomic E-state index is 11.6. The van der Waals surface area contributed by atoms with Gasteiger partial charge < -0.3 is 4.98 Å². The van der Waals surface area contributed by atoms with E-state index in [0.717, 1.165) is 20.9 Å². The van der Waals surface area contributed by atoms with E-state index in [9.17, 15) is 9.59 Å². The second kappa shape index (κ2) is 3.70. The molecule has 4 nitrogen and oxygen atoms in total. The molecular weight excluding hydrogens is 284 g/mol. The molecule has 5 heteroatoms. The quantitative estimate of drug-likeness (QED) is 0.791. The smallest absolute Gasteiger partial charge is 0.234 e. The van der Waals surface area contributed by atoms with Crippen molar-refractivity contribution in [3.8, 4) is 0 Å². The molecular formula is C12H9BrN2O2. The molecule has 0 radical (unpaired) electrons. The highest BCUT2D eigenvalue weighted by Gasteiger charge is 2.33. The summed E-state index contributed by atoms with van der Waals surface area (Å²) in [5, 5.41) is 3.32.